The van der Waals surface area contributed by atoms with Crippen molar-refractivity contribution in [3.05, 3.63) is 24.3 Å². The average molecular weight is 221 g/mol. The summed E-state index contributed by atoms with van der Waals surface area (Å²) < 4.78 is 0. The fourth-order valence-corrected chi connectivity index (χ4v) is 2.10. The summed E-state index contributed by atoms with van der Waals surface area (Å²) in [6, 6.07) is 0.392. The van der Waals surface area contributed by atoms with Gasteiger partial charge in [-0.1, -0.05) is 50.3 Å². The summed E-state index contributed by atoms with van der Waals surface area (Å²) in [4.78, 5) is 11.6. The third kappa shape index (κ3) is 5.74. The van der Waals surface area contributed by atoms with Gasteiger partial charge in [0.25, 0.3) is 0 Å². The van der Waals surface area contributed by atoms with E-state index >= 15 is 0 Å². The van der Waals surface area contributed by atoms with Crippen LogP contribution in [0.1, 0.15) is 51.9 Å². The Hall–Kier alpha value is -1.05. The van der Waals surface area contributed by atoms with Crippen molar-refractivity contribution in [1.29, 1.82) is 0 Å². The molecule has 16 heavy (non-hydrogen) atoms. The zero-order valence-corrected chi connectivity index (χ0v) is 10.2. The molecule has 1 fully saturated rings. The van der Waals surface area contributed by atoms with Crippen LogP contribution in [0.25, 0.3) is 0 Å². The van der Waals surface area contributed by atoms with Gasteiger partial charge >= 0.3 is 0 Å². The van der Waals surface area contributed by atoms with Crippen LogP contribution in [0.5, 0.6) is 0 Å². The van der Waals surface area contributed by atoms with Gasteiger partial charge in [-0.05, 0) is 19.8 Å². The van der Waals surface area contributed by atoms with Crippen molar-refractivity contribution < 1.29 is 4.79 Å². The Morgan fingerprint density at radius 1 is 1.06 bits per heavy atom. The van der Waals surface area contributed by atoms with E-state index in [4.69, 9.17) is 0 Å². The number of hydrogen-bond donors (Lipinski definition) is 1. The quantitative estimate of drug-likeness (QED) is 0.574. The zero-order chi connectivity index (χ0) is 11.6. The van der Waals surface area contributed by atoms with Gasteiger partial charge in [0.05, 0.1) is 0 Å². The van der Waals surface area contributed by atoms with E-state index in [0.717, 1.165) is 12.8 Å². The smallest absolute Gasteiger partial charge is 0.244 e. The van der Waals surface area contributed by atoms with E-state index in [-0.39, 0.29) is 5.91 Å². The second-order valence-corrected chi connectivity index (χ2v) is 4.44. The Morgan fingerprint density at radius 2 is 1.69 bits per heavy atom. The maximum Gasteiger partial charge on any atom is 0.244 e. The van der Waals surface area contributed by atoms with E-state index in [1.54, 1.807) is 12.2 Å². The van der Waals surface area contributed by atoms with E-state index in [9.17, 15) is 4.79 Å². The molecule has 0 radical (unpaired) electrons. The highest BCUT2D eigenvalue weighted by molar-refractivity contribution is 5.87. The average Bonchev–Trinajstić information content (AvgIpc) is 2.22. The van der Waals surface area contributed by atoms with Gasteiger partial charge in [-0.15, -0.1) is 0 Å². The van der Waals surface area contributed by atoms with Crippen molar-refractivity contribution in [2.45, 2.75) is 57.9 Å². The summed E-state index contributed by atoms with van der Waals surface area (Å²) in [6.07, 6.45) is 16.0. The lowest BCUT2D eigenvalue weighted by Crippen LogP contribution is -2.34. The molecule has 0 aromatic carbocycles. The molecule has 0 bridgehead atoms. The van der Waals surface area contributed by atoms with Gasteiger partial charge in [-0.25, -0.2) is 0 Å². The molecule has 1 N–H and O–H groups in total. The fraction of sp³-hybridized carbons (Fsp3) is 0.643. The van der Waals surface area contributed by atoms with Crippen molar-refractivity contribution in [3.8, 4) is 0 Å². The molecule has 0 heterocycles. The van der Waals surface area contributed by atoms with Crippen molar-refractivity contribution in [3.63, 3.8) is 0 Å². The molecular weight excluding hydrogens is 198 g/mol. The molecule has 1 aliphatic carbocycles. The van der Waals surface area contributed by atoms with E-state index in [2.05, 4.69) is 5.32 Å². The van der Waals surface area contributed by atoms with Crippen LogP contribution < -0.4 is 5.32 Å². The molecule has 0 spiro atoms. The molecule has 0 unspecified atom stereocenters. The maximum absolute atomic E-state index is 11.6. The molecule has 0 aromatic rings. The minimum Gasteiger partial charge on any atom is -0.350 e. The Balaban J connectivity index is 2.30. The molecule has 0 saturated heterocycles. The van der Waals surface area contributed by atoms with Crippen molar-refractivity contribution >= 4 is 5.91 Å². The van der Waals surface area contributed by atoms with Gasteiger partial charge in [0, 0.05) is 12.1 Å². The van der Waals surface area contributed by atoms with Crippen LogP contribution in [-0.4, -0.2) is 11.9 Å². The minimum absolute atomic E-state index is 0.0451. The third-order valence-corrected chi connectivity index (χ3v) is 3.00. The molecule has 0 aliphatic heterocycles. The minimum atomic E-state index is 0.0451. The predicted octanol–water partition coefficient (Wildman–Crippen LogP) is 3.35. The lowest BCUT2D eigenvalue weighted by atomic mass is 9.97. The zero-order valence-electron chi connectivity index (χ0n) is 10.2. The summed E-state index contributed by atoms with van der Waals surface area (Å²) in [6.45, 7) is 1.94. The van der Waals surface area contributed by atoms with E-state index < -0.39 is 0 Å². The van der Waals surface area contributed by atoms with Gasteiger partial charge < -0.3 is 5.32 Å². The maximum atomic E-state index is 11.6. The van der Waals surface area contributed by atoms with Crippen molar-refractivity contribution in [2.24, 2.45) is 0 Å². The lowest BCUT2D eigenvalue weighted by Gasteiger charge is -2.20. The monoisotopic (exact) mass is 221 g/mol. The molecule has 1 saturated carbocycles. The van der Waals surface area contributed by atoms with E-state index in [0.29, 0.717) is 6.04 Å². The number of carbonyl (C=O) groups excluding carboxylic acids is 1. The van der Waals surface area contributed by atoms with E-state index in [1.165, 1.54) is 32.1 Å². The molecule has 0 aromatic heterocycles. The largest absolute Gasteiger partial charge is 0.350 e. The first kappa shape index (κ1) is 13.0. The molecular formula is C14H23NO. The first-order chi connectivity index (χ1) is 7.83. The first-order valence-corrected chi connectivity index (χ1v) is 6.43. The Morgan fingerprint density at radius 3 is 2.31 bits per heavy atom. The Kier molecular flexibility index (Phi) is 6.62. The number of carbonyl (C=O) groups is 1. The topological polar surface area (TPSA) is 29.1 Å². The second-order valence-electron chi connectivity index (χ2n) is 4.44. The summed E-state index contributed by atoms with van der Waals surface area (Å²) in [7, 11) is 0. The van der Waals surface area contributed by atoms with Gasteiger partial charge in [0.1, 0.15) is 0 Å². The highest BCUT2D eigenvalue weighted by atomic mass is 16.1. The van der Waals surface area contributed by atoms with Gasteiger partial charge in [0.15, 0.2) is 0 Å². The highest BCUT2D eigenvalue weighted by Crippen LogP contribution is 2.16. The van der Waals surface area contributed by atoms with Gasteiger partial charge in [-0.2, -0.15) is 0 Å². The van der Waals surface area contributed by atoms with Gasteiger partial charge in [-0.3, -0.25) is 4.79 Å². The van der Waals surface area contributed by atoms with Crippen LogP contribution in [0.2, 0.25) is 0 Å². The molecule has 0 atom stereocenters. The molecule has 1 aliphatic rings. The second kappa shape index (κ2) is 8.14. The van der Waals surface area contributed by atoms with Crippen LogP contribution in [0.15, 0.2) is 24.3 Å². The third-order valence-electron chi connectivity index (χ3n) is 3.00. The molecule has 1 rings (SSSR count). The van der Waals surface area contributed by atoms with Crippen LogP contribution in [-0.2, 0) is 4.79 Å². The van der Waals surface area contributed by atoms with Crippen molar-refractivity contribution in [1.82, 2.24) is 5.32 Å². The number of hydrogen-bond acceptors (Lipinski definition) is 1. The number of nitrogens with one attached hydrogen (secondary N) is 1. The predicted molar refractivity (Wildman–Crippen MR) is 68.2 cm³/mol. The van der Waals surface area contributed by atoms with Crippen molar-refractivity contribution in [2.75, 3.05) is 0 Å². The van der Waals surface area contributed by atoms with E-state index in [1.807, 2.05) is 19.1 Å². The standard InChI is InChI=1S/C14H23NO/c1-2-3-7-12-14(16)15-13-10-8-5-4-6-9-11-13/h2-3,7,12-13H,4-6,8-11H2,1H3,(H,15,16). The van der Waals surface area contributed by atoms with Crippen LogP contribution in [0.3, 0.4) is 0 Å². The molecule has 1 amide bonds. The Labute approximate surface area is 98.8 Å². The highest BCUT2D eigenvalue weighted by Gasteiger charge is 2.12. The SMILES string of the molecule is CC=CC=CC(=O)NC1CCCCCCC1. The van der Waals surface area contributed by atoms with Gasteiger partial charge in [0.2, 0.25) is 5.91 Å². The number of allylic oxidation sites excluding steroid dienone is 3. The molecule has 2 heteroatoms. The Bertz CT molecular complexity index is 247. The van der Waals surface area contributed by atoms with Crippen LogP contribution in [0.4, 0.5) is 0 Å². The lowest BCUT2D eigenvalue weighted by molar-refractivity contribution is -0.117. The summed E-state index contributed by atoms with van der Waals surface area (Å²) in [5.74, 6) is 0.0451. The molecule has 2 nitrogen and oxygen atoms in total. The summed E-state index contributed by atoms with van der Waals surface area (Å²) >= 11 is 0. The van der Waals surface area contributed by atoms with Crippen LogP contribution in [0, 0.1) is 0 Å². The fourth-order valence-electron chi connectivity index (χ4n) is 2.10. The normalized spacial score (nSPS) is 19.8. The number of amides is 1. The summed E-state index contributed by atoms with van der Waals surface area (Å²) in [5.41, 5.74) is 0. The molecule has 90 valence electrons. The number of rotatable bonds is 3. The first-order valence-electron chi connectivity index (χ1n) is 6.43. The summed E-state index contributed by atoms with van der Waals surface area (Å²) in [5, 5.41) is 3.09. The van der Waals surface area contributed by atoms with Crippen LogP contribution >= 0.6 is 0 Å².